The molecule has 2 N–H and O–H groups in total. The monoisotopic (exact) mass is 363 g/mol. The van der Waals surface area contributed by atoms with E-state index >= 15 is 0 Å². The maximum absolute atomic E-state index is 11.9. The van der Waals surface area contributed by atoms with Crippen LogP contribution in [0.1, 0.15) is 10.5 Å². The minimum absolute atomic E-state index is 0.219. The zero-order valence-corrected chi connectivity index (χ0v) is 14.1. The van der Waals surface area contributed by atoms with Crippen LogP contribution in [0.5, 0.6) is 0 Å². The van der Waals surface area contributed by atoms with E-state index in [9.17, 15) is 4.79 Å². The van der Waals surface area contributed by atoms with E-state index in [2.05, 4.69) is 36.8 Å². The van der Waals surface area contributed by atoms with E-state index in [1.54, 1.807) is 12.1 Å². The summed E-state index contributed by atoms with van der Waals surface area (Å²) < 4.78 is 0.974. The molecule has 0 bridgehead atoms. The van der Waals surface area contributed by atoms with Gasteiger partial charge in [-0.05, 0) is 44.4 Å². The first kappa shape index (κ1) is 16.4. The van der Waals surface area contributed by atoms with E-state index in [1.807, 2.05) is 43.3 Å². The molecule has 0 spiro atoms. The van der Waals surface area contributed by atoms with Crippen LogP contribution >= 0.6 is 15.9 Å². The molecular weight excluding hydrogens is 346 g/mol. The molecule has 1 heterocycles. The Morgan fingerprint density at radius 2 is 2.05 bits per heavy atom. The number of amides is 1. The van der Waals surface area contributed by atoms with Gasteiger partial charge in [0.05, 0.1) is 0 Å². The zero-order chi connectivity index (χ0) is 15.9. The van der Waals surface area contributed by atoms with Crippen molar-refractivity contribution in [3.63, 3.8) is 0 Å². The van der Waals surface area contributed by atoms with Crippen LogP contribution in [0.25, 0.3) is 0 Å². The molecule has 0 unspecified atom stereocenters. The number of hydrogen-bond acceptors (Lipinski definition) is 5. The summed E-state index contributed by atoms with van der Waals surface area (Å²) >= 11 is 3.41. The Hall–Kier alpha value is -1.99. The van der Waals surface area contributed by atoms with Gasteiger partial charge in [-0.25, -0.2) is 0 Å². The predicted molar refractivity (Wildman–Crippen MR) is 90.3 cm³/mol. The molecule has 1 aromatic carbocycles. The molecule has 7 heteroatoms. The molecule has 0 atom stereocenters. The number of carbonyl (C=O) groups is 1. The number of halogens is 1. The van der Waals surface area contributed by atoms with E-state index in [0.29, 0.717) is 18.1 Å². The fourth-order valence-corrected chi connectivity index (χ4v) is 2.12. The summed E-state index contributed by atoms with van der Waals surface area (Å²) in [7, 11) is 3.91. The van der Waals surface area contributed by atoms with Crippen LogP contribution in [0.3, 0.4) is 0 Å². The largest absolute Gasteiger partial charge is 0.349 e. The summed E-state index contributed by atoms with van der Waals surface area (Å²) in [5.74, 6) is 0.367. The first-order valence-corrected chi connectivity index (χ1v) is 7.63. The van der Waals surface area contributed by atoms with E-state index < -0.39 is 0 Å². The van der Waals surface area contributed by atoms with Crippen molar-refractivity contribution < 1.29 is 4.79 Å². The number of hydrogen-bond donors (Lipinski definition) is 2. The normalized spacial score (nSPS) is 10.5. The second-order valence-corrected chi connectivity index (χ2v) is 5.91. The molecule has 0 radical (unpaired) electrons. The van der Waals surface area contributed by atoms with Gasteiger partial charge in [0.25, 0.3) is 5.91 Å². The Balaban J connectivity index is 1.93. The summed E-state index contributed by atoms with van der Waals surface area (Å²) in [4.78, 5) is 13.9. The van der Waals surface area contributed by atoms with Crippen LogP contribution in [0, 0.1) is 0 Å². The third-order valence-electron chi connectivity index (χ3n) is 2.84. The van der Waals surface area contributed by atoms with Gasteiger partial charge in [-0.2, -0.15) is 0 Å². The van der Waals surface area contributed by atoms with Crippen molar-refractivity contribution in [3.05, 3.63) is 46.6 Å². The van der Waals surface area contributed by atoms with Crippen LogP contribution in [0.2, 0.25) is 0 Å². The van der Waals surface area contributed by atoms with Gasteiger partial charge in [-0.15, -0.1) is 10.2 Å². The highest BCUT2D eigenvalue weighted by molar-refractivity contribution is 9.10. The molecular formula is C15H18BrN5O. The average Bonchev–Trinajstić information content (AvgIpc) is 2.47. The molecule has 0 saturated heterocycles. The number of likely N-dealkylation sites (N-methyl/N-ethyl adjacent to an activating group) is 1. The second kappa shape index (κ2) is 7.86. The number of nitrogens with zero attached hydrogens (tertiary/aromatic N) is 3. The summed E-state index contributed by atoms with van der Waals surface area (Å²) in [5.41, 5.74) is 1.20. The molecule has 2 aromatic rings. The molecule has 1 aromatic heterocycles. The summed E-state index contributed by atoms with van der Waals surface area (Å²) in [6, 6.07) is 11.1. The fourth-order valence-electron chi connectivity index (χ4n) is 1.72. The van der Waals surface area contributed by atoms with Crippen molar-refractivity contribution in [2.45, 2.75) is 0 Å². The Bertz CT molecular complexity index is 630. The van der Waals surface area contributed by atoms with Crippen LogP contribution in [0.4, 0.5) is 11.5 Å². The molecule has 0 saturated carbocycles. The molecule has 0 aliphatic carbocycles. The van der Waals surface area contributed by atoms with Gasteiger partial charge < -0.3 is 15.5 Å². The van der Waals surface area contributed by atoms with Gasteiger partial charge in [0.1, 0.15) is 0 Å². The van der Waals surface area contributed by atoms with Crippen LogP contribution in [0.15, 0.2) is 40.9 Å². The van der Waals surface area contributed by atoms with E-state index in [1.165, 1.54) is 0 Å². The number of anilines is 2. The van der Waals surface area contributed by atoms with Crippen molar-refractivity contribution in [2.75, 3.05) is 32.5 Å². The summed E-state index contributed by atoms with van der Waals surface area (Å²) in [6.45, 7) is 1.35. The van der Waals surface area contributed by atoms with Crippen molar-refractivity contribution >= 4 is 33.3 Å². The highest BCUT2D eigenvalue weighted by Gasteiger charge is 2.07. The van der Waals surface area contributed by atoms with Crippen molar-refractivity contribution in [3.8, 4) is 0 Å². The number of aromatic nitrogens is 2. The van der Waals surface area contributed by atoms with E-state index in [0.717, 1.165) is 16.7 Å². The third-order valence-corrected chi connectivity index (χ3v) is 3.33. The Morgan fingerprint density at radius 3 is 2.68 bits per heavy atom. The highest BCUT2D eigenvalue weighted by Crippen LogP contribution is 2.18. The molecule has 6 nitrogen and oxygen atoms in total. The van der Waals surface area contributed by atoms with E-state index in [-0.39, 0.29) is 5.91 Å². The Kier molecular flexibility index (Phi) is 5.85. The minimum Gasteiger partial charge on any atom is -0.349 e. The Morgan fingerprint density at radius 1 is 1.23 bits per heavy atom. The fraction of sp³-hybridized carbons (Fsp3) is 0.267. The van der Waals surface area contributed by atoms with Gasteiger partial charge in [-0.1, -0.05) is 22.0 Å². The molecule has 1 amide bonds. The van der Waals surface area contributed by atoms with Gasteiger partial charge in [0, 0.05) is 23.2 Å². The quantitative estimate of drug-likeness (QED) is 0.823. The number of rotatable bonds is 6. The average molecular weight is 364 g/mol. The molecule has 2 rings (SSSR count). The number of nitrogens with one attached hydrogen (secondary N) is 2. The third kappa shape index (κ3) is 5.09. The van der Waals surface area contributed by atoms with E-state index in [4.69, 9.17) is 0 Å². The molecule has 0 fully saturated rings. The molecule has 0 aliphatic rings. The van der Waals surface area contributed by atoms with Crippen molar-refractivity contribution in [1.82, 2.24) is 20.4 Å². The topological polar surface area (TPSA) is 70.2 Å². The highest BCUT2D eigenvalue weighted by atomic mass is 79.9. The maximum Gasteiger partial charge on any atom is 0.271 e. The van der Waals surface area contributed by atoms with Crippen molar-refractivity contribution in [2.24, 2.45) is 0 Å². The lowest BCUT2D eigenvalue weighted by Gasteiger charge is -2.10. The molecule has 116 valence electrons. The van der Waals surface area contributed by atoms with Gasteiger partial charge in [0.15, 0.2) is 11.5 Å². The first-order chi connectivity index (χ1) is 10.5. The summed E-state index contributed by atoms with van der Waals surface area (Å²) in [5, 5.41) is 13.9. The predicted octanol–water partition coefficient (Wildman–Crippen LogP) is 2.27. The Labute approximate surface area is 138 Å². The number of benzene rings is 1. The van der Waals surface area contributed by atoms with Crippen LogP contribution in [-0.2, 0) is 0 Å². The maximum atomic E-state index is 11.9. The second-order valence-electron chi connectivity index (χ2n) is 5.00. The lowest BCUT2D eigenvalue weighted by molar-refractivity contribution is 0.0945. The zero-order valence-electron chi connectivity index (χ0n) is 12.5. The standard InChI is InChI=1S/C15H18BrN5O/c1-21(2)9-8-17-15(22)13-6-7-14(20-19-13)18-12-5-3-4-11(16)10-12/h3-7,10H,8-9H2,1-2H3,(H,17,22)(H,18,20). The lowest BCUT2D eigenvalue weighted by atomic mass is 10.3. The van der Waals surface area contributed by atoms with Crippen LogP contribution < -0.4 is 10.6 Å². The van der Waals surface area contributed by atoms with Gasteiger partial charge in [0.2, 0.25) is 0 Å². The lowest BCUT2D eigenvalue weighted by Crippen LogP contribution is -2.31. The SMILES string of the molecule is CN(C)CCNC(=O)c1ccc(Nc2cccc(Br)c2)nn1. The molecule has 0 aliphatic heterocycles. The van der Waals surface area contributed by atoms with Crippen LogP contribution in [-0.4, -0.2) is 48.2 Å². The minimum atomic E-state index is -0.219. The van der Waals surface area contributed by atoms with Gasteiger partial charge in [-0.3, -0.25) is 4.79 Å². The number of carbonyl (C=O) groups excluding carboxylic acids is 1. The molecule has 22 heavy (non-hydrogen) atoms. The van der Waals surface area contributed by atoms with Crippen molar-refractivity contribution in [1.29, 1.82) is 0 Å². The first-order valence-electron chi connectivity index (χ1n) is 6.84. The smallest absolute Gasteiger partial charge is 0.271 e. The van der Waals surface area contributed by atoms with Gasteiger partial charge >= 0.3 is 0 Å². The summed E-state index contributed by atoms with van der Waals surface area (Å²) in [6.07, 6.45) is 0.